The molecule has 5 heteroatoms. The van der Waals surface area contributed by atoms with Crippen LogP contribution in [0.3, 0.4) is 0 Å². The normalized spacial score (nSPS) is 19.0. The van der Waals surface area contributed by atoms with Gasteiger partial charge in [-0.1, -0.05) is 30.3 Å². The van der Waals surface area contributed by atoms with E-state index in [-0.39, 0.29) is 12.1 Å². The zero-order valence-corrected chi connectivity index (χ0v) is 13.6. The maximum absolute atomic E-state index is 12.2. The molecule has 0 bridgehead atoms. The first-order chi connectivity index (χ1) is 10.5. The van der Waals surface area contributed by atoms with Crippen LogP contribution in [-0.4, -0.2) is 49.0 Å². The molecular weight excluding hydrogens is 282 g/mol. The van der Waals surface area contributed by atoms with Crippen LogP contribution in [0.1, 0.15) is 26.3 Å². The summed E-state index contributed by atoms with van der Waals surface area (Å²) >= 11 is 0. The first-order valence-corrected chi connectivity index (χ1v) is 7.65. The van der Waals surface area contributed by atoms with E-state index in [1.165, 1.54) is 0 Å². The lowest BCUT2D eigenvalue weighted by Crippen LogP contribution is -2.52. The highest BCUT2D eigenvalue weighted by atomic mass is 16.6. The van der Waals surface area contributed by atoms with Crippen LogP contribution < -0.4 is 0 Å². The Hall–Kier alpha value is -1.59. The second-order valence-electron chi connectivity index (χ2n) is 6.40. The van der Waals surface area contributed by atoms with Crippen molar-refractivity contribution in [2.45, 2.75) is 39.0 Å². The number of nitrogens with zero attached hydrogens (tertiary/aromatic N) is 1. The molecule has 2 rings (SSSR count). The minimum Gasteiger partial charge on any atom is -0.444 e. The van der Waals surface area contributed by atoms with Crippen molar-refractivity contribution in [3.05, 3.63) is 35.9 Å². The molecule has 1 amide bonds. The van der Waals surface area contributed by atoms with Gasteiger partial charge >= 0.3 is 6.09 Å². The lowest BCUT2D eigenvalue weighted by atomic mass is 10.2. The molecule has 0 radical (unpaired) electrons. The molecular formula is C17H25NO4. The van der Waals surface area contributed by atoms with Crippen molar-refractivity contribution >= 4 is 6.09 Å². The van der Waals surface area contributed by atoms with E-state index in [0.29, 0.717) is 33.0 Å². The van der Waals surface area contributed by atoms with Crippen LogP contribution in [0.25, 0.3) is 0 Å². The minimum atomic E-state index is -0.495. The maximum Gasteiger partial charge on any atom is 0.410 e. The Kier molecular flexibility index (Phi) is 5.80. The average molecular weight is 307 g/mol. The number of hydrogen-bond donors (Lipinski definition) is 0. The van der Waals surface area contributed by atoms with Crippen molar-refractivity contribution in [1.82, 2.24) is 4.90 Å². The second kappa shape index (κ2) is 7.61. The van der Waals surface area contributed by atoms with Gasteiger partial charge in [-0.25, -0.2) is 4.79 Å². The van der Waals surface area contributed by atoms with Gasteiger partial charge in [0, 0.05) is 6.54 Å². The first kappa shape index (κ1) is 16.8. The van der Waals surface area contributed by atoms with Gasteiger partial charge in [-0.3, -0.25) is 4.90 Å². The quantitative estimate of drug-likeness (QED) is 0.858. The first-order valence-electron chi connectivity index (χ1n) is 7.65. The molecule has 5 nitrogen and oxygen atoms in total. The number of ether oxygens (including phenoxy) is 3. The molecule has 0 saturated carbocycles. The molecule has 1 aromatic rings. The number of amides is 1. The van der Waals surface area contributed by atoms with E-state index < -0.39 is 5.60 Å². The zero-order valence-electron chi connectivity index (χ0n) is 13.6. The molecule has 1 fully saturated rings. The third kappa shape index (κ3) is 5.31. The van der Waals surface area contributed by atoms with Gasteiger partial charge in [0.05, 0.1) is 32.5 Å². The predicted molar refractivity (Wildman–Crippen MR) is 83.6 cm³/mol. The smallest absolute Gasteiger partial charge is 0.410 e. The van der Waals surface area contributed by atoms with Gasteiger partial charge in [-0.2, -0.15) is 0 Å². The zero-order chi connectivity index (χ0) is 16.0. The molecule has 1 atom stereocenters. The molecule has 1 aromatic carbocycles. The highest BCUT2D eigenvalue weighted by Gasteiger charge is 2.31. The number of rotatable bonds is 4. The fraction of sp³-hybridized carbons (Fsp3) is 0.588. The average Bonchev–Trinajstić information content (AvgIpc) is 2.47. The molecule has 1 unspecified atom stereocenters. The standard InChI is InChI=1S/C17H25NO4/c1-17(2,3)22-16(19)18-9-10-20-12-15(18)13-21-11-14-7-5-4-6-8-14/h4-8,15H,9-13H2,1-3H3. The van der Waals surface area contributed by atoms with Crippen LogP contribution >= 0.6 is 0 Å². The Balaban J connectivity index is 1.85. The molecule has 1 aliphatic heterocycles. The van der Waals surface area contributed by atoms with Gasteiger partial charge in [0.2, 0.25) is 0 Å². The van der Waals surface area contributed by atoms with Crippen LogP contribution in [0.5, 0.6) is 0 Å². The summed E-state index contributed by atoms with van der Waals surface area (Å²) in [6, 6.07) is 9.87. The SMILES string of the molecule is CC(C)(C)OC(=O)N1CCOCC1COCc1ccccc1. The number of hydrogen-bond acceptors (Lipinski definition) is 4. The van der Waals surface area contributed by atoms with Crippen molar-refractivity contribution in [1.29, 1.82) is 0 Å². The van der Waals surface area contributed by atoms with Crippen LogP contribution in [0.15, 0.2) is 30.3 Å². The van der Waals surface area contributed by atoms with Crippen molar-refractivity contribution in [2.75, 3.05) is 26.4 Å². The Morgan fingerprint density at radius 1 is 1.32 bits per heavy atom. The highest BCUT2D eigenvalue weighted by molar-refractivity contribution is 5.68. The van der Waals surface area contributed by atoms with E-state index in [4.69, 9.17) is 14.2 Å². The highest BCUT2D eigenvalue weighted by Crippen LogP contribution is 2.15. The number of carbonyl (C=O) groups is 1. The van der Waals surface area contributed by atoms with E-state index in [1.807, 2.05) is 51.1 Å². The van der Waals surface area contributed by atoms with Crippen LogP contribution in [-0.2, 0) is 20.8 Å². The van der Waals surface area contributed by atoms with E-state index in [0.717, 1.165) is 5.56 Å². The summed E-state index contributed by atoms with van der Waals surface area (Å²) in [5, 5.41) is 0. The van der Waals surface area contributed by atoms with Gasteiger partial charge in [0.1, 0.15) is 5.60 Å². The van der Waals surface area contributed by atoms with Gasteiger partial charge in [-0.05, 0) is 26.3 Å². The van der Waals surface area contributed by atoms with Crippen LogP contribution in [0.2, 0.25) is 0 Å². The van der Waals surface area contributed by atoms with Gasteiger partial charge in [-0.15, -0.1) is 0 Å². The topological polar surface area (TPSA) is 48.0 Å². The molecule has 1 heterocycles. The molecule has 1 saturated heterocycles. The molecule has 122 valence electrons. The summed E-state index contributed by atoms with van der Waals surface area (Å²) in [5.74, 6) is 0. The maximum atomic E-state index is 12.2. The molecule has 0 spiro atoms. The molecule has 0 aliphatic carbocycles. The number of morpholine rings is 1. The lowest BCUT2D eigenvalue weighted by molar-refractivity contribution is -0.0564. The van der Waals surface area contributed by atoms with Gasteiger partial charge < -0.3 is 14.2 Å². The molecule has 22 heavy (non-hydrogen) atoms. The summed E-state index contributed by atoms with van der Waals surface area (Å²) in [6.45, 7) is 8.12. The predicted octanol–water partition coefficient (Wildman–Crippen LogP) is 2.84. The number of benzene rings is 1. The summed E-state index contributed by atoms with van der Waals surface area (Å²) in [4.78, 5) is 14.0. The van der Waals surface area contributed by atoms with E-state index in [1.54, 1.807) is 4.90 Å². The molecule has 1 aliphatic rings. The summed E-state index contributed by atoms with van der Waals surface area (Å²) < 4.78 is 16.7. The number of carbonyl (C=O) groups excluding carboxylic acids is 1. The summed E-state index contributed by atoms with van der Waals surface area (Å²) in [7, 11) is 0. The molecule has 0 N–H and O–H groups in total. The van der Waals surface area contributed by atoms with E-state index in [9.17, 15) is 4.79 Å². The van der Waals surface area contributed by atoms with Crippen molar-refractivity contribution in [2.24, 2.45) is 0 Å². The van der Waals surface area contributed by atoms with E-state index >= 15 is 0 Å². The monoisotopic (exact) mass is 307 g/mol. The Morgan fingerprint density at radius 3 is 2.73 bits per heavy atom. The summed E-state index contributed by atoms with van der Waals surface area (Å²) in [6.07, 6.45) is -0.302. The van der Waals surface area contributed by atoms with Crippen LogP contribution in [0.4, 0.5) is 4.79 Å². The fourth-order valence-electron chi connectivity index (χ4n) is 2.24. The second-order valence-corrected chi connectivity index (χ2v) is 6.40. The van der Waals surface area contributed by atoms with Crippen molar-refractivity contribution < 1.29 is 19.0 Å². The van der Waals surface area contributed by atoms with Crippen LogP contribution in [0, 0.1) is 0 Å². The van der Waals surface area contributed by atoms with Crippen molar-refractivity contribution in [3.8, 4) is 0 Å². The minimum absolute atomic E-state index is 0.104. The third-order valence-corrected chi connectivity index (χ3v) is 3.28. The Labute approximate surface area is 132 Å². The van der Waals surface area contributed by atoms with Gasteiger partial charge in [0.15, 0.2) is 0 Å². The fourth-order valence-corrected chi connectivity index (χ4v) is 2.24. The third-order valence-electron chi connectivity index (χ3n) is 3.28. The Bertz CT molecular complexity index is 469. The largest absolute Gasteiger partial charge is 0.444 e. The van der Waals surface area contributed by atoms with E-state index in [2.05, 4.69) is 0 Å². The lowest BCUT2D eigenvalue weighted by Gasteiger charge is -2.36. The molecule has 0 aromatic heterocycles. The summed E-state index contributed by atoms with van der Waals surface area (Å²) in [5.41, 5.74) is 0.619. The van der Waals surface area contributed by atoms with Crippen molar-refractivity contribution in [3.63, 3.8) is 0 Å². The Morgan fingerprint density at radius 2 is 2.05 bits per heavy atom. The van der Waals surface area contributed by atoms with Gasteiger partial charge in [0.25, 0.3) is 0 Å².